The third-order valence-electron chi connectivity index (χ3n) is 5.29. The van der Waals surface area contributed by atoms with E-state index < -0.39 is 0 Å². The first kappa shape index (κ1) is 19.0. The van der Waals surface area contributed by atoms with Gasteiger partial charge in [-0.05, 0) is 36.6 Å². The van der Waals surface area contributed by atoms with Gasteiger partial charge in [-0.25, -0.2) is 0 Å². The van der Waals surface area contributed by atoms with Crippen LogP contribution in [0, 0.1) is 6.92 Å². The molecule has 0 atom stereocenters. The van der Waals surface area contributed by atoms with Gasteiger partial charge in [0.2, 0.25) is 5.91 Å². The summed E-state index contributed by atoms with van der Waals surface area (Å²) >= 11 is 0. The fourth-order valence-corrected chi connectivity index (χ4v) is 3.73. The molecule has 2 aromatic rings. The lowest BCUT2D eigenvalue weighted by molar-refractivity contribution is -0.131. The summed E-state index contributed by atoms with van der Waals surface area (Å²) in [5.74, 6) is 1.56. The number of aryl methyl sites for hydroxylation is 1. The fraction of sp³-hybridized carbons (Fsp3) is 0.429. The van der Waals surface area contributed by atoms with E-state index in [0.717, 1.165) is 33.8 Å². The maximum absolute atomic E-state index is 12.7. The van der Waals surface area contributed by atoms with Gasteiger partial charge >= 0.3 is 0 Å². The minimum Gasteiger partial charge on any atom is -0.496 e. The molecular formula is C21H26N2O4. The van der Waals surface area contributed by atoms with E-state index in [-0.39, 0.29) is 11.5 Å². The lowest BCUT2D eigenvalue weighted by Gasteiger charge is -2.30. The number of carbonyl (C=O) groups excluding carboxylic acids is 1. The molecule has 0 bridgehead atoms. The molecule has 2 heterocycles. The van der Waals surface area contributed by atoms with Crippen molar-refractivity contribution >= 4 is 5.91 Å². The number of amides is 1. The second-order valence-corrected chi connectivity index (χ2v) is 6.84. The predicted molar refractivity (Wildman–Crippen MR) is 104 cm³/mol. The Labute approximate surface area is 159 Å². The van der Waals surface area contributed by atoms with E-state index in [1.54, 1.807) is 30.7 Å². The van der Waals surface area contributed by atoms with Gasteiger partial charge in [0.25, 0.3) is 5.56 Å². The van der Waals surface area contributed by atoms with E-state index in [1.807, 2.05) is 32.2 Å². The molecule has 6 heteroatoms. The van der Waals surface area contributed by atoms with E-state index in [2.05, 4.69) is 0 Å². The van der Waals surface area contributed by atoms with E-state index in [4.69, 9.17) is 9.47 Å². The smallest absolute Gasteiger partial charge is 0.255 e. The first-order valence-electron chi connectivity index (χ1n) is 9.13. The number of nitrogens with zero attached hydrogens (tertiary/aromatic N) is 2. The van der Waals surface area contributed by atoms with Gasteiger partial charge < -0.3 is 18.9 Å². The quantitative estimate of drug-likeness (QED) is 0.830. The zero-order valence-corrected chi connectivity index (χ0v) is 16.6. The molecule has 0 aliphatic carbocycles. The number of rotatable bonds is 4. The lowest BCUT2D eigenvalue weighted by atomic mass is 9.91. The molecule has 0 saturated heterocycles. The van der Waals surface area contributed by atoms with Crippen LogP contribution in [0.5, 0.6) is 11.5 Å². The molecule has 1 amide bonds. The molecule has 144 valence electrons. The van der Waals surface area contributed by atoms with Crippen LogP contribution in [0.25, 0.3) is 11.1 Å². The summed E-state index contributed by atoms with van der Waals surface area (Å²) in [6, 6.07) is 3.95. The van der Waals surface area contributed by atoms with Crippen molar-refractivity contribution in [3.8, 4) is 22.6 Å². The van der Waals surface area contributed by atoms with Gasteiger partial charge in [0, 0.05) is 42.9 Å². The van der Waals surface area contributed by atoms with E-state index in [0.29, 0.717) is 31.5 Å². The van der Waals surface area contributed by atoms with Crippen molar-refractivity contribution in [2.24, 2.45) is 7.05 Å². The molecule has 0 saturated carbocycles. The zero-order chi connectivity index (χ0) is 19.7. The van der Waals surface area contributed by atoms with Gasteiger partial charge in [0.1, 0.15) is 11.5 Å². The summed E-state index contributed by atoms with van der Waals surface area (Å²) in [4.78, 5) is 26.6. The van der Waals surface area contributed by atoms with Gasteiger partial charge in [-0.3, -0.25) is 9.59 Å². The maximum Gasteiger partial charge on any atom is 0.255 e. The molecule has 0 fully saturated rings. The van der Waals surface area contributed by atoms with Crippen molar-refractivity contribution in [1.29, 1.82) is 0 Å². The van der Waals surface area contributed by atoms with Crippen LogP contribution in [-0.4, -0.2) is 36.1 Å². The number of benzene rings is 1. The first-order chi connectivity index (χ1) is 12.9. The summed E-state index contributed by atoms with van der Waals surface area (Å²) in [6.07, 6.45) is 2.97. The topological polar surface area (TPSA) is 60.8 Å². The Kier molecular flexibility index (Phi) is 5.26. The van der Waals surface area contributed by atoms with Crippen molar-refractivity contribution in [2.45, 2.75) is 33.2 Å². The van der Waals surface area contributed by atoms with Gasteiger partial charge in [-0.15, -0.1) is 0 Å². The third-order valence-corrected chi connectivity index (χ3v) is 5.29. The van der Waals surface area contributed by atoms with Crippen molar-refractivity contribution < 1.29 is 14.3 Å². The zero-order valence-electron chi connectivity index (χ0n) is 16.6. The van der Waals surface area contributed by atoms with Gasteiger partial charge in [0.05, 0.1) is 20.8 Å². The summed E-state index contributed by atoms with van der Waals surface area (Å²) in [5.41, 5.74) is 4.51. The van der Waals surface area contributed by atoms with Crippen LogP contribution >= 0.6 is 0 Å². The third kappa shape index (κ3) is 3.31. The molecular weight excluding hydrogens is 344 g/mol. The number of fused-ring (bicyclic) bond motifs is 1. The highest BCUT2D eigenvalue weighted by atomic mass is 16.5. The Bertz CT molecular complexity index is 921. The van der Waals surface area contributed by atoms with Gasteiger partial charge in [0.15, 0.2) is 0 Å². The molecule has 0 unspecified atom stereocenters. The van der Waals surface area contributed by atoms with E-state index >= 15 is 0 Å². The van der Waals surface area contributed by atoms with Gasteiger partial charge in [-0.1, -0.05) is 6.92 Å². The average molecular weight is 370 g/mol. The summed E-state index contributed by atoms with van der Waals surface area (Å²) in [5, 5.41) is 0. The Morgan fingerprint density at radius 1 is 1.15 bits per heavy atom. The monoisotopic (exact) mass is 370 g/mol. The normalized spacial score (nSPS) is 13.3. The molecule has 0 N–H and O–H groups in total. The van der Waals surface area contributed by atoms with Crippen molar-refractivity contribution in [3.05, 3.63) is 45.4 Å². The predicted octanol–water partition coefficient (Wildman–Crippen LogP) is 2.67. The largest absolute Gasteiger partial charge is 0.496 e. The molecule has 6 nitrogen and oxygen atoms in total. The van der Waals surface area contributed by atoms with Crippen LogP contribution in [0.4, 0.5) is 0 Å². The molecule has 1 aliphatic heterocycles. The van der Waals surface area contributed by atoms with Crippen molar-refractivity contribution in [1.82, 2.24) is 9.47 Å². The average Bonchev–Trinajstić information content (AvgIpc) is 2.70. The Morgan fingerprint density at radius 2 is 1.78 bits per heavy atom. The maximum atomic E-state index is 12.7. The molecule has 3 rings (SSSR count). The van der Waals surface area contributed by atoms with Gasteiger partial charge in [-0.2, -0.15) is 0 Å². The number of hydrogen-bond acceptors (Lipinski definition) is 4. The molecule has 1 aromatic heterocycles. The van der Waals surface area contributed by atoms with Crippen molar-refractivity contribution in [3.63, 3.8) is 0 Å². The molecule has 0 radical (unpaired) electrons. The molecule has 1 aromatic carbocycles. The van der Waals surface area contributed by atoms with Crippen LogP contribution in [0.2, 0.25) is 0 Å². The Hall–Kier alpha value is -2.76. The van der Waals surface area contributed by atoms with Crippen LogP contribution in [0.1, 0.15) is 30.0 Å². The second-order valence-electron chi connectivity index (χ2n) is 6.84. The molecule has 27 heavy (non-hydrogen) atoms. The standard InChI is InChI=1S/C21H26N2O4/c1-6-20(24)23-8-7-15-16(11-22(3)21(25)17(15)12-23)14-9-18(26-4)13(2)19(10-14)27-5/h9-11H,6-8,12H2,1-5H3. The number of pyridine rings is 1. The summed E-state index contributed by atoms with van der Waals surface area (Å²) < 4.78 is 12.6. The Morgan fingerprint density at radius 3 is 2.33 bits per heavy atom. The van der Waals surface area contributed by atoms with E-state index in [1.165, 1.54) is 0 Å². The minimum atomic E-state index is -0.0478. The van der Waals surface area contributed by atoms with Crippen LogP contribution in [0.3, 0.4) is 0 Å². The SMILES string of the molecule is CCC(=O)N1CCc2c(-c3cc(OC)c(C)c(OC)c3)cn(C)c(=O)c2C1. The first-order valence-corrected chi connectivity index (χ1v) is 9.13. The number of aromatic nitrogens is 1. The second kappa shape index (κ2) is 7.47. The number of carbonyl (C=O) groups is 1. The molecule has 1 aliphatic rings. The lowest BCUT2D eigenvalue weighted by Crippen LogP contribution is -2.40. The highest BCUT2D eigenvalue weighted by molar-refractivity contribution is 5.77. The summed E-state index contributed by atoms with van der Waals surface area (Å²) in [6.45, 7) is 4.78. The number of methoxy groups -OCH3 is 2. The summed E-state index contributed by atoms with van der Waals surface area (Å²) in [7, 11) is 5.02. The number of ether oxygens (including phenoxy) is 2. The van der Waals surface area contributed by atoms with Crippen molar-refractivity contribution in [2.75, 3.05) is 20.8 Å². The minimum absolute atomic E-state index is 0.0478. The Balaban J connectivity index is 2.18. The van der Waals surface area contributed by atoms with Crippen LogP contribution in [-0.2, 0) is 24.8 Å². The highest BCUT2D eigenvalue weighted by Gasteiger charge is 2.26. The highest BCUT2D eigenvalue weighted by Crippen LogP contribution is 2.36. The molecule has 0 spiro atoms. The fourth-order valence-electron chi connectivity index (χ4n) is 3.73. The number of hydrogen-bond donors (Lipinski definition) is 0. The van der Waals surface area contributed by atoms with E-state index in [9.17, 15) is 9.59 Å². The van der Waals surface area contributed by atoms with Crippen LogP contribution < -0.4 is 15.0 Å². The van der Waals surface area contributed by atoms with Crippen LogP contribution in [0.15, 0.2) is 23.1 Å².